The number of fused-ring (bicyclic) bond motifs is 1. The van der Waals surface area contributed by atoms with E-state index in [2.05, 4.69) is 10.6 Å². The third kappa shape index (κ3) is 8.11. The molecule has 2 N–H and O–H groups in total. The lowest BCUT2D eigenvalue weighted by Crippen LogP contribution is -2.50. The molecule has 3 amide bonds. The molecule has 1 fully saturated rings. The van der Waals surface area contributed by atoms with Crippen LogP contribution in [0.4, 0.5) is 14.9 Å². The minimum Gasteiger partial charge on any atom is -0.444 e. The van der Waals surface area contributed by atoms with E-state index in [0.717, 1.165) is 38.0 Å². The van der Waals surface area contributed by atoms with Gasteiger partial charge in [0.2, 0.25) is 0 Å². The lowest BCUT2D eigenvalue weighted by molar-refractivity contribution is -0.120. The number of carbonyl (C=O) groups excluding carboxylic acids is 3. The number of thioether (sulfide) groups is 1. The first-order valence-electron chi connectivity index (χ1n) is 13.4. The van der Waals surface area contributed by atoms with Gasteiger partial charge in [-0.2, -0.15) is 0 Å². The molecule has 1 saturated heterocycles. The average molecular weight is 592 g/mol. The maximum atomic E-state index is 15.2. The summed E-state index contributed by atoms with van der Waals surface area (Å²) >= 11 is 7.28. The molecule has 11 heteroatoms. The highest BCUT2D eigenvalue weighted by Crippen LogP contribution is 2.37. The Hall–Kier alpha value is -2.82. The van der Waals surface area contributed by atoms with Crippen molar-refractivity contribution in [2.24, 2.45) is 5.92 Å². The largest absolute Gasteiger partial charge is 0.444 e. The summed E-state index contributed by atoms with van der Waals surface area (Å²) in [5.41, 5.74) is 0.291. The lowest BCUT2D eigenvalue weighted by Gasteiger charge is -2.27. The molecule has 2 aromatic carbocycles. The quantitative estimate of drug-likeness (QED) is 0.438. The first-order valence-corrected chi connectivity index (χ1v) is 14.7. The van der Waals surface area contributed by atoms with Gasteiger partial charge < -0.3 is 25.0 Å². The fourth-order valence-corrected chi connectivity index (χ4v) is 5.81. The predicted molar refractivity (Wildman–Crippen MR) is 153 cm³/mol. The fourth-order valence-electron chi connectivity index (χ4n) is 4.60. The van der Waals surface area contributed by atoms with Crippen LogP contribution in [0, 0.1) is 11.7 Å². The summed E-state index contributed by atoms with van der Waals surface area (Å²) in [5.74, 6) is -0.983. The zero-order valence-electron chi connectivity index (χ0n) is 22.9. The SMILES string of the molecule is CC(C)(C)OC(=O)N[C@H]1CSc2cc(F)c(C(=O)NCCC3CCOCC3)cc2N(Cc2ccc(Cl)cc2)C1=O. The molecule has 2 aromatic rings. The molecule has 0 bridgehead atoms. The molecule has 40 heavy (non-hydrogen) atoms. The number of ether oxygens (including phenoxy) is 2. The number of hydrogen-bond donors (Lipinski definition) is 2. The minimum atomic E-state index is -0.931. The van der Waals surface area contributed by atoms with Gasteiger partial charge in [0.15, 0.2) is 0 Å². The van der Waals surface area contributed by atoms with E-state index < -0.39 is 35.4 Å². The molecule has 2 aliphatic heterocycles. The van der Waals surface area contributed by atoms with Crippen molar-refractivity contribution in [1.82, 2.24) is 10.6 Å². The van der Waals surface area contributed by atoms with Gasteiger partial charge in [-0.25, -0.2) is 9.18 Å². The first-order chi connectivity index (χ1) is 19.0. The van der Waals surface area contributed by atoms with E-state index in [-0.39, 0.29) is 17.9 Å². The minimum absolute atomic E-state index is 0.131. The van der Waals surface area contributed by atoms with Crippen LogP contribution in [-0.4, -0.2) is 55.1 Å². The molecule has 0 radical (unpaired) electrons. The van der Waals surface area contributed by atoms with Crippen LogP contribution in [0.2, 0.25) is 5.02 Å². The van der Waals surface area contributed by atoms with Crippen molar-refractivity contribution < 1.29 is 28.2 Å². The van der Waals surface area contributed by atoms with Gasteiger partial charge in [-0.05, 0) is 75.8 Å². The van der Waals surface area contributed by atoms with E-state index in [1.165, 1.54) is 28.8 Å². The molecule has 2 aliphatic rings. The van der Waals surface area contributed by atoms with Gasteiger partial charge in [-0.1, -0.05) is 23.7 Å². The van der Waals surface area contributed by atoms with Gasteiger partial charge >= 0.3 is 6.09 Å². The molecule has 0 aliphatic carbocycles. The van der Waals surface area contributed by atoms with Crippen molar-refractivity contribution in [2.45, 2.75) is 63.1 Å². The summed E-state index contributed by atoms with van der Waals surface area (Å²) in [6, 6.07) is 8.78. The van der Waals surface area contributed by atoms with Crippen LogP contribution in [0.5, 0.6) is 0 Å². The van der Waals surface area contributed by atoms with Crippen molar-refractivity contribution in [3.8, 4) is 0 Å². The number of rotatable bonds is 7. The third-order valence-corrected chi connectivity index (χ3v) is 8.07. The number of halogens is 2. The van der Waals surface area contributed by atoms with Gasteiger partial charge in [-0.3, -0.25) is 9.59 Å². The van der Waals surface area contributed by atoms with Gasteiger partial charge in [0.25, 0.3) is 11.8 Å². The molecule has 0 unspecified atom stereocenters. The van der Waals surface area contributed by atoms with Gasteiger partial charge in [-0.15, -0.1) is 11.8 Å². The van der Waals surface area contributed by atoms with Gasteiger partial charge in [0, 0.05) is 35.4 Å². The highest BCUT2D eigenvalue weighted by atomic mass is 35.5. The van der Waals surface area contributed by atoms with E-state index in [0.29, 0.717) is 28.1 Å². The second kappa shape index (κ2) is 13.2. The van der Waals surface area contributed by atoms with Crippen LogP contribution in [0.25, 0.3) is 0 Å². The van der Waals surface area contributed by atoms with Crippen LogP contribution >= 0.6 is 23.4 Å². The van der Waals surface area contributed by atoms with Crippen molar-refractivity contribution in [3.63, 3.8) is 0 Å². The van der Waals surface area contributed by atoms with Crippen molar-refractivity contribution >= 4 is 47.0 Å². The number of anilines is 1. The Kier molecular flexibility index (Phi) is 9.97. The molecule has 0 saturated carbocycles. The number of carbonyl (C=O) groups is 3. The highest BCUT2D eigenvalue weighted by Gasteiger charge is 2.34. The lowest BCUT2D eigenvalue weighted by atomic mass is 9.96. The van der Waals surface area contributed by atoms with Crippen LogP contribution in [0.3, 0.4) is 0 Å². The molecule has 216 valence electrons. The van der Waals surface area contributed by atoms with Gasteiger partial charge in [0.1, 0.15) is 17.5 Å². The molecule has 4 rings (SSSR count). The second-order valence-electron chi connectivity index (χ2n) is 11.0. The number of nitrogens with one attached hydrogen (secondary N) is 2. The summed E-state index contributed by atoms with van der Waals surface area (Å²) < 4.78 is 26.0. The Morgan fingerprint density at radius 1 is 1.18 bits per heavy atom. The standard InChI is InChI=1S/C29H35ClFN3O5S/c1-29(2,3)39-28(37)33-23-17-40-25-15-22(31)21(26(35)32-11-8-18-9-12-38-13-10-18)14-24(25)34(27(23)36)16-19-4-6-20(30)7-5-19/h4-7,14-15,18,23H,8-13,16-17H2,1-3H3,(H,32,35)(H,33,37)/t23-/m0/s1. The van der Waals surface area contributed by atoms with Crippen LogP contribution in [-0.2, 0) is 20.8 Å². The summed E-state index contributed by atoms with van der Waals surface area (Å²) in [6.07, 6.45) is 1.96. The Labute approximate surface area is 243 Å². The van der Waals surface area contributed by atoms with Gasteiger partial charge in [0.05, 0.1) is 17.8 Å². The Balaban J connectivity index is 1.58. The van der Waals surface area contributed by atoms with E-state index in [9.17, 15) is 14.4 Å². The van der Waals surface area contributed by atoms with Crippen molar-refractivity contribution in [1.29, 1.82) is 0 Å². The van der Waals surface area contributed by atoms with E-state index in [4.69, 9.17) is 21.1 Å². The number of nitrogens with zero attached hydrogens (tertiary/aromatic N) is 1. The maximum absolute atomic E-state index is 15.2. The number of alkyl carbamates (subject to hydrolysis) is 1. The molecule has 2 heterocycles. The predicted octanol–water partition coefficient (Wildman–Crippen LogP) is 5.56. The third-order valence-electron chi connectivity index (χ3n) is 6.68. The van der Waals surface area contributed by atoms with Crippen LogP contribution in [0.15, 0.2) is 41.3 Å². The first kappa shape index (κ1) is 30.1. The molecule has 0 aromatic heterocycles. The van der Waals surface area contributed by atoms with Crippen LogP contribution < -0.4 is 15.5 Å². The summed E-state index contributed by atoms with van der Waals surface area (Å²) in [6.45, 7) is 7.19. The van der Waals surface area contributed by atoms with Crippen molar-refractivity contribution in [3.05, 3.63) is 58.4 Å². The Bertz CT molecular complexity index is 1230. The Morgan fingerprint density at radius 2 is 1.88 bits per heavy atom. The van der Waals surface area contributed by atoms with Crippen molar-refractivity contribution in [2.75, 3.05) is 30.4 Å². The van der Waals surface area contributed by atoms with E-state index >= 15 is 4.39 Å². The highest BCUT2D eigenvalue weighted by molar-refractivity contribution is 7.99. The Morgan fingerprint density at radius 3 is 2.55 bits per heavy atom. The monoisotopic (exact) mass is 591 g/mol. The zero-order valence-corrected chi connectivity index (χ0v) is 24.5. The summed E-state index contributed by atoms with van der Waals surface area (Å²) in [4.78, 5) is 41.3. The maximum Gasteiger partial charge on any atom is 0.408 e. The topological polar surface area (TPSA) is 97.0 Å². The average Bonchev–Trinajstić information content (AvgIpc) is 3.01. The summed E-state index contributed by atoms with van der Waals surface area (Å²) in [7, 11) is 0. The second-order valence-corrected chi connectivity index (χ2v) is 12.5. The summed E-state index contributed by atoms with van der Waals surface area (Å²) in [5, 5.41) is 6.04. The molecule has 1 atom stereocenters. The zero-order chi connectivity index (χ0) is 28.9. The molecular weight excluding hydrogens is 557 g/mol. The molecule has 8 nitrogen and oxygen atoms in total. The smallest absolute Gasteiger partial charge is 0.408 e. The van der Waals surface area contributed by atoms with Crippen LogP contribution in [0.1, 0.15) is 56.0 Å². The number of benzene rings is 2. The van der Waals surface area contributed by atoms with E-state index in [1.807, 2.05) is 0 Å². The molecule has 0 spiro atoms. The fraction of sp³-hybridized carbons (Fsp3) is 0.483. The van der Waals surface area contributed by atoms with E-state index in [1.54, 1.807) is 45.0 Å². The number of hydrogen-bond acceptors (Lipinski definition) is 6. The normalized spacial score (nSPS) is 18.1. The number of amides is 3. The molecular formula is C29H35ClFN3O5S.